The summed E-state index contributed by atoms with van der Waals surface area (Å²) in [4.78, 5) is 25.6. The number of phosphoric acid groups is 1. The fraction of sp³-hybridized carbons (Fsp3) is 0. The molecule has 0 spiro atoms. The topological polar surface area (TPSA) is 86.2 Å². The third kappa shape index (κ3) is 54.1. The van der Waals surface area contributed by atoms with Gasteiger partial charge in [0, 0.05) is 41.3 Å². The van der Waals surface area contributed by atoms with Gasteiger partial charge < -0.3 is 19.2 Å². The van der Waals surface area contributed by atoms with Crippen LogP contribution in [0.5, 0.6) is 0 Å². The maximum absolute atomic E-state index is 8.55. The van der Waals surface area contributed by atoms with Crippen LogP contribution < -0.4 is 14.7 Å². The molecule has 0 bridgehead atoms. The second-order valence-corrected chi connectivity index (χ2v) is 1.34. The SMILES string of the molecule is O=P([O-])([O-])[O-].[La+3].[Pr]. The Morgan fingerprint density at radius 2 is 1.14 bits per heavy atom. The van der Waals surface area contributed by atoms with Crippen LogP contribution in [0.1, 0.15) is 0 Å². The van der Waals surface area contributed by atoms with Crippen LogP contribution in [0.2, 0.25) is 0 Å². The molecule has 7 heavy (non-hydrogen) atoms. The van der Waals surface area contributed by atoms with Gasteiger partial charge in [-0.1, -0.05) is 0 Å². The van der Waals surface area contributed by atoms with Crippen LogP contribution in [0.25, 0.3) is 0 Å². The van der Waals surface area contributed by atoms with Crippen molar-refractivity contribution in [2.45, 2.75) is 0 Å². The molecule has 7 heteroatoms. The fourth-order valence-electron chi connectivity index (χ4n) is 0. The zero-order valence-electron chi connectivity index (χ0n) is 3.23. The van der Waals surface area contributed by atoms with Crippen LogP contribution in [0.15, 0.2) is 0 Å². The first kappa shape index (κ1) is 16.3. The molecule has 0 heterocycles. The van der Waals surface area contributed by atoms with Crippen molar-refractivity contribution in [3.8, 4) is 0 Å². The van der Waals surface area contributed by atoms with Gasteiger partial charge in [-0.05, 0) is 0 Å². The Balaban J connectivity index is -0.0000000800. The van der Waals surface area contributed by atoms with Crippen molar-refractivity contribution < 1.29 is 96.1 Å². The Morgan fingerprint density at radius 3 is 1.14 bits per heavy atom. The van der Waals surface area contributed by atoms with Gasteiger partial charge in [-0.25, -0.2) is 0 Å². The van der Waals surface area contributed by atoms with Gasteiger partial charge in [-0.15, -0.1) is 0 Å². The normalized spacial score (nSPS) is 8.43. The largest absolute Gasteiger partial charge is 3.00 e. The van der Waals surface area contributed by atoms with Gasteiger partial charge in [0.05, 0.1) is 0 Å². The minimum Gasteiger partial charge on any atom is -0.822 e. The molecular weight excluding hydrogens is 375 g/mol. The van der Waals surface area contributed by atoms with Crippen LogP contribution >= 0.6 is 7.82 Å². The molecule has 35 valence electrons. The molecule has 0 aliphatic rings. The summed E-state index contributed by atoms with van der Waals surface area (Å²) in [5, 5.41) is 0. The van der Waals surface area contributed by atoms with Crippen molar-refractivity contribution >= 4 is 7.82 Å². The van der Waals surface area contributed by atoms with Gasteiger partial charge in [0.15, 0.2) is 0 Å². The van der Waals surface area contributed by atoms with E-state index < -0.39 is 7.82 Å². The second-order valence-electron chi connectivity index (χ2n) is 0.447. The van der Waals surface area contributed by atoms with E-state index in [0.717, 1.165) is 0 Å². The minimum atomic E-state index is -5.39. The van der Waals surface area contributed by atoms with Crippen molar-refractivity contribution in [2.24, 2.45) is 0 Å². The van der Waals surface area contributed by atoms with Gasteiger partial charge in [0.25, 0.3) is 0 Å². The van der Waals surface area contributed by atoms with E-state index in [1.54, 1.807) is 0 Å². The van der Waals surface area contributed by atoms with Gasteiger partial charge in [0.1, 0.15) is 0 Å². The molecule has 0 fully saturated rings. The number of hydrogen-bond acceptors (Lipinski definition) is 4. The van der Waals surface area contributed by atoms with Crippen LogP contribution in [0.3, 0.4) is 0 Å². The molecule has 0 aromatic rings. The first-order chi connectivity index (χ1) is 2.00. The Labute approximate surface area is 102 Å². The van der Waals surface area contributed by atoms with Crippen molar-refractivity contribution in [1.29, 1.82) is 0 Å². The van der Waals surface area contributed by atoms with E-state index in [0.29, 0.717) is 0 Å². The average Bonchev–Trinajstić information content (AvgIpc) is 0.722. The zero-order chi connectivity index (χ0) is 4.50. The minimum absolute atomic E-state index is 0. The molecule has 0 aromatic heterocycles. The Kier molecular flexibility index (Phi) is 15.8. The average molecular weight is 375 g/mol. The zero-order valence-corrected chi connectivity index (χ0v) is 11.5. The van der Waals surface area contributed by atoms with E-state index in [1.807, 2.05) is 0 Å². The van der Waals surface area contributed by atoms with Crippen molar-refractivity contribution in [1.82, 2.24) is 0 Å². The van der Waals surface area contributed by atoms with E-state index >= 15 is 0 Å². The smallest absolute Gasteiger partial charge is 0.822 e. The molecule has 0 rings (SSSR count). The summed E-state index contributed by atoms with van der Waals surface area (Å²) in [5.74, 6) is 0. The fourth-order valence-corrected chi connectivity index (χ4v) is 0. The van der Waals surface area contributed by atoms with E-state index in [-0.39, 0.29) is 76.9 Å². The molecule has 0 aromatic carbocycles. The molecule has 4 nitrogen and oxygen atoms in total. The molecule has 0 aliphatic heterocycles. The van der Waals surface area contributed by atoms with Crippen LogP contribution in [0, 0.1) is 76.9 Å². The Bertz CT molecular complexity index is 57.8. The van der Waals surface area contributed by atoms with E-state index in [2.05, 4.69) is 0 Å². The molecule has 0 saturated heterocycles. The van der Waals surface area contributed by atoms with Crippen molar-refractivity contribution in [3.63, 3.8) is 0 Å². The molecule has 0 unspecified atom stereocenters. The second kappa shape index (κ2) is 6.78. The summed E-state index contributed by atoms with van der Waals surface area (Å²) in [6, 6.07) is 0. The van der Waals surface area contributed by atoms with Gasteiger partial charge in [0.2, 0.25) is 0 Å². The van der Waals surface area contributed by atoms with Crippen molar-refractivity contribution in [3.05, 3.63) is 0 Å². The Hall–Kier alpha value is 2.67. The first-order valence-electron chi connectivity index (χ1n) is 0.730. The molecule has 0 N–H and O–H groups in total. The number of rotatable bonds is 0. The predicted molar refractivity (Wildman–Crippen MR) is 7.61 cm³/mol. The van der Waals surface area contributed by atoms with E-state index in [1.165, 1.54) is 0 Å². The van der Waals surface area contributed by atoms with Crippen LogP contribution in [0.4, 0.5) is 0 Å². The van der Waals surface area contributed by atoms with Gasteiger partial charge in [-0.3, -0.25) is 0 Å². The maximum atomic E-state index is 8.55. The summed E-state index contributed by atoms with van der Waals surface area (Å²) in [5.41, 5.74) is 0. The summed E-state index contributed by atoms with van der Waals surface area (Å²) < 4.78 is 8.55. The standard InChI is InChI=1S/La.H3O4P.Pr/c;1-5(2,3)4;/h;(H3,1,2,3,4);/q+3;;/p-3. The molecule has 0 saturated carbocycles. The molecule has 0 aliphatic carbocycles. The van der Waals surface area contributed by atoms with Crippen LogP contribution in [-0.4, -0.2) is 0 Å². The first-order valence-corrected chi connectivity index (χ1v) is 2.19. The predicted octanol–water partition coefficient (Wildman–Crippen LogP) is -2.82. The molecule has 0 amide bonds. The Morgan fingerprint density at radius 1 is 1.14 bits per heavy atom. The van der Waals surface area contributed by atoms with E-state index in [4.69, 9.17) is 19.2 Å². The summed E-state index contributed by atoms with van der Waals surface area (Å²) in [7, 11) is -5.39. The summed E-state index contributed by atoms with van der Waals surface area (Å²) in [6.45, 7) is 0. The quantitative estimate of drug-likeness (QED) is 0.428. The van der Waals surface area contributed by atoms with Gasteiger partial charge >= 0.3 is 35.6 Å². The van der Waals surface area contributed by atoms with Gasteiger partial charge in [-0.2, -0.15) is 7.82 Å². The molecule has 1 radical (unpaired) electrons. The monoisotopic (exact) mass is 375 g/mol. The third-order valence-corrected chi connectivity index (χ3v) is 0. The molecular formula is LaO4PPr. The molecule has 0 atom stereocenters. The van der Waals surface area contributed by atoms with Crippen molar-refractivity contribution in [2.75, 3.05) is 0 Å². The summed E-state index contributed by atoms with van der Waals surface area (Å²) >= 11 is 0. The third-order valence-electron chi connectivity index (χ3n) is 0. The van der Waals surface area contributed by atoms with Crippen LogP contribution in [-0.2, 0) is 4.57 Å². The number of hydrogen-bond donors (Lipinski definition) is 0. The summed E-state index contributed by atoms with van der Waals surface area (Å²) in [6.07, 6.45) is 0. The maximum Gasteiger partial charge on any atom is 3.00 e. The van der Waals surface area contributed by atoms with E-state index in [9.17, 15) is 0 Å².